The average Bonchev–Trinajstić information content (AvgIpc) is 3.15. The Kier molecular flexibility index (Phi) is 5.88. The van der Waals surface area contributed by atoms with Gasteiger partial charge in [-0.3, -0.25) is 14.5 Å². The number of nitrogen functional groups attached to an aromatic ring is 1. The van der Waals surface area contributed by atoms with Crippen molar-refractivity contribution in [3.8, 4) is 11.3 Å². The molecule has 2 saturated heterocycles. The summed E-state index contributed by atoms with van der Waals surface area (Å²) >= 11 is 0. The molecule has 7 nitrogen and oxygen atoms in total. The first-order chi connectivity index (χ1) is 17.2. The van der Waals surface area contributed by atoms with Crippen LogP contribution in [0.25, 0.3) is 11.3 Å². The predicted molar refractivity (Wildman–Crippen MR) is 130 cm³/mol. The zero-order valence-corrected chi connectivity index (χ0v) is 20.7. The first-order valence-electron chi connectivity index (χ1n) is 12.9. The van der Waals surface area contributed by atoms with Crippen molar-refractivity contribution in [2.75, 3.05) is 45.1 Å². The summed E-state index contributed by atoms with van der Waals surface area (Å²) < 4.78 is 47.6. The summed E-state index contributed by atoms with van der Waals surface area (Å²) in [5.41, 5.74) is 7.99. The van der Waals surface area contributed by atoms with Crippen molar-refractivity contribution >= 4 is 5.82 Å². The summed E-state index contributed by atoms with van der Waals surface area (Å²) in [6, 6.07) is 4.26. The van der Waals surface area contributed by atoms with E-state index in [-0.39, 0.29) is 6.04 Å². The lowest BCUT2D eigenvalue weighted by Crippen LogP contribution is -2.57. The summed E-state index contributed by atoms with van der Waals surface area (Å²) in [6.07, 6.45) is 1.26. The van der Waals surface area contributed by atoms with Gasteiger partial charge in [-0.25, -0.2) is 4.98 Å². The molecule has 0 bridgehead atoms. The second-order valence-electron chi connectivity index (χ2n) is 10.6. The molecule has 36 heavy (non-hydrogen) atoms. The van der Waals surface area contributed by atoms with Gasteiger partial charge in [0.2, 0.25) is 0 Å². The lowest BCUT2D eigenvalue weighted by molar-refractivity contribution is -0.137. The molecular weight excluding hydrogens is 469 g/mol. The van der Waals surface area contributed by atoms with Gasteiger partial charge >= 0.3 is 6.18 Å². The highest BCUT2D eigenvalue weighted by Crippen LogP contribution is 2.61. The van der Waals surface area contributed by atoms with Crippen LogP contribution in [0, 0.1) is 5.92 Å². The monoisotopic (exact) mass is 502 g/mol. The number of nitrogens with zero attached hydrogens (tertiary/aromatic N) is 5. The molecule has 4 aliphatic rings. The van der Waals surface area contributed by atoms with E-state index in [2.05, 4.69) is 34.7 Å². The molecule has 2 N–H and O–H groups in total. The maximum absolute atomic E-state index is 13.4. The molecule has 2 aromatic rings. The zero-order chi connectivity index (χ0) is 25.2. The van der Waals surface area contributed by atoms with Crippen LogP contribution >= 0.6 is 0 Å². The standard InChI is InChI=1S/C26H33F3N6O/c1-3-15(2)35-23(11-22(32-35)16-8-21(26(27,28)29)25(30)31-12-16)24-19-9-17(10-20(19)24)33-4-6-34(7-5-33)18-13-36-14-18/h8-9,11-12,15,17-18,20,24H,3-7,10,13-14H2,1-2H3,(H2,30,31). The quantitative estimate of drug-likeness (QED) is 0.604. The number of hydrogen-bond donors (Lipinski definition) is 1. The Bertz CT molecular complexity index is 1160. The number of fused-ring (bicyclic) bond motifs is 1. The van der Waals surface area contributed by atoms with Crippen LogP contribution < -0.4 is 5.73 Å². The number of nitrogens with two attached hydrogens (primary N) is 1. The Labute approximate surface area is 209 Å². The van der Waals surface area contributed by atoms with Crippen molar-refractivity contribution in [1.29, 1.82) is 0 Å². The first kappa shape index (κ1) is 23.9. The number of aromatic nitrogens is 3. The van der Waals surface area contributed by atoms with Gasteiger partial charge in [0.05, 0.1) is 30.5 Å². The fourth-order valence-corrected chi connectivity index (χ4v) is 6.04. The van der Waals surface area contributed by atoms with Crippen LogP contribution in [0.3, 0.4) is 0 Å². The van der Waals surface area contributed by atoms with Crippen molar-refractivity contribution < 1.29 is 17.9 Å². The highest BCUT2D eigenvalue weighted by atomic mass is 19.4. The van der Waals surface area contributed by atoms with Gasteiger partial charge in [0, 0.05) is 61.6 Å². The second-order valence-corrected chi connectivity index (χ2v) is 10.6. The van der Waals surface area contributed by atoms with Crippen molar-refractivity contribution in [3.63, 3.8) is 0 Å². The van der Waals surface area contributed by atoms with Gasteiger partial charge in [0.15, 0.2) is 0 Å². The molecule has 0 spiro atoms. The van der Waals surface area contributed by atoms with Gasteiger partial charge < -0.3 is 10.5 Å². The summed E-state index contributed by atoms with van der Waals surface area (Å²) in [4.78, 5) is 8.96. The van der Waals surface area contributed by atoms with Crippen LogP contribution in [0.2, 0.25) is 0 Å². The average molecular weight is 503 g/mol. The molecular formula is C26H33F3N6O. The Balaban J connectivity index is 1.21. The van der Waals surface area contributed by atoms with Gasteiger partial charge in [-0.1, -0.05) is 18.6 Å². The van der Waals surface area contributed by atoms with Crippen LogP contribution in [0.5, 0.6) is 0 Å². The van der Waals surface area contributed by atoms with E-state index < -0.39 is 17.6 Å². The van der Waals surface area contributed by atoms with Crippen molar-refractivity contribution in [3.05, 3.63) is 41.2 Å². The minimum atomic E-state index is -4.56. The molecule has 4 atom stereocenters. The van der Waals surface area contributed by atoms with E-state index in [1.54, 1.807) is 0 Å². The summed E-state index contributed by atoms with van der Waals surface area (Å²) in [5, 5.41) is 4.75. The number of anilines is 1. The van der Waals surface area contributed by atoms with E-state index in [1.807, 2.05) is 10.7 Å². The molecule has 194 valence electrons. The van der Waals surface area contributed by atoms with Crippen LogP contribution in [-0.2, 0) is 10.9 Å². The summed E-state index contributed by atoms with van der Waals surface area (Å²) in [6.45, 7) is 10.3. The number of ether oxygens (including phenoxy) is 1. The summed E-state index contributed by atoms with van der Waals surface area (Å²) in [7, 11) is 0. The van der Waals surface area contributed by atoms with Crippen LogP contribution in [0.15, 0.2) is 30.0 Å². The molecule has 4 unspecified atom stereocenters. The minimum absolute atomic E-state index is 0.152. The van der Waals surface area contributed by atoms with Crippen molar-refractivity contribution in [2.24, 2.45) is 5.92 Å². The van der Waals surface area contributed by atoms with Gasteiger partial charge in [0.25, 0.3) is 0 Å². The normalized spacial score (nSPS) is 28.0. The molecule has 0 amide bonds. The number of hydrogen-bond acceptors (Lipinski definition) is 6. The van der Waals surface area contributed by atoms with Crippen LogP contribution in [0.4, 0.5) is 19.0 Å². The lowest BCUT2D eigenvalue weighted by Gasteiger charge is -2.44. The SMILES string of the molecule is CCC(C)n1nc(-c2cnc(N)c(C(F)(F)F)c2)cc1C1C2=CC(N3CCN(C4COC4)CC3)CC21. The lowest BCUT2D eigenvalue weighted by atomic mass is 10.0. The molecule has 10 heteroatoms. The highest BCUT2D eigenvalue weighted by molar-refractivity contribution is 5.64. The highest BCUT2D eigenvalue weighted by Gasteiger charge is 2.52. The van der Waals surface area contributed by atoms with E-state index in [4.69, 9.17) is 15.6 Å². The van der Waals surface area contributed by atoms with E-state index in [0.29, 0.717) is 35.2 Å². The molecule has 2 aliphatic carbocycles. The van der Waals surface area contributed by atoms with Crippen molar-refractivity contribution in [1.82, 2.24) is 24.6 Å². The van der Waals surface area contributed by atoms with E-state index >= 15 is 0 Å². The molecule has 0 radical (unpaired) electrons. The molecule has 0 aromatic carbocycles. The first-order valence-corrected chi connectivity index (χ1v) is 12.9. The zero-order valence-electron chi connectivity index (χ0n) is 20.7. The Morgan fingerprint density at radius 1 is 1.14 bits per heavy atom. The van der Waals surface area contributed by atoms with E-state index in [0.717, 1.165) is 64.0 Å². The van der Waals surface area contributed by atoms with E-state index in [1.165, 1.54) is 11.8 Å². The topological polar surface area (TPSA) is 72.4 Å². The Morgan fingerprint density at radius 2 is 1.86 bits per heavy atom. The number of alkyl halides is 3. The van der Waals surface area contributed by atoms with Crippen LogP contribution in [-0.4, -0.2) is 76.0 Å². The molecule has 6 rings (SSSR count). The largest absolute Gasteiger partial charge is 0.419 e. The number of piperazine rings is 1. The summed E-state index contributed by atoms with van der Waals surface area (Å²) in [5.74, 6) is 0.284. The van der Waals surface area contributed by atoms with Crippen LogP contribution in [0.1, 0.15) is 49.9 Å². The fraction of sp³-hybridized carbons (Fsp3) is 0.615. The number of halogens is 3. The van der Waals surface area contributed by atoms with Gasteiger partial charge in [-0.2, -0.15) is 18.3 Å². The smallest absolute Gasteiger partial charge is 0.383 e. The maximum atomic E-state index is 13.4. The fourth-order valence-electron chi connectivity index (χ4n) is 6.04. The molecule has 2 aliphatic heterocycles. The number of rotatable bonds is 6. The third-order valence-electron chi connectivity index (χ3n) is 8.53. The number of allylic oxidation sites excluding steroid dienone is 1. The minimum Gasteiger partial charge on any atom is -0.383 e. The van der Waals surface area contributed by atoms with Gasteiger partial charge in [-0.05, 0) is 37.8 Å². The van der Waals surface area contributed by atoms with Gasteiger partial charge in [0.1, 0.15) is 5.82 Å². The maximum Gasteiger partial charge on any atom is 0.419 e. The van der Waals surface area contributed by atoms with Crippen molar-refractivity contribution in [2.45, 2.75) is 56.9 Å². The second kappa shape index (κ2) is 8.85. The predicted octanol–water partition coefficient (Wildman–Crippen LogP) is 3.95. The number of pyridine rings is 1. The molecule has 4 heterocycles. The Morgan fingerprint density at radius 3 is 2.44 bits per heavy atom. The molecule has 2 aromatic heterocycles. The molecule has 1 saturated carbocycles. The van der Waals surface area contributed by atoms with E-state index in [9.17, 15) is 13.2 Å². The third kappa shape index (κ3) is 4.13. The Hall–Kier alpha value is -2.43. The third-order valence-corrected chi connectivity index (χ3v) is 8.53. The molecule has 3 fully saturated rings. The van der Waals surface area contributed by atoms with Gasteiger partial charge in [-0.15, -0.1) is 0 Å².